The third-order valence-corrected chi connectivity index (χ3v) is 3.15. The standard InChI is InChI=1S/C14H19ClN2O4/c1-9(2)6-17(19-3)14(18)11-5-16-13(15)4-12(11)21-10-7-20-8-10/h4-5,9-10H,6-8H2,1-3H3. The minimum Gasteiger partial charge on any atom is -0.485 e. The highest BCUT2D eigenvalue weighted by Crippen LogP contribution is 2.25. The Labute approximate surface area is 128 Å². The van der Waals surface area contributed by atoms with Gasteiger partial charge >= 0.3 is 0 Å². The Balaban J connectivity index is 2.21. The number of hydrogen-bond acceptors (Lipinski definition) is 5. The zero-order valence-corrected chi connectivity index (χ0v) is 13.1. The first-order chi connectivity index (χ1) is 10.0. The highest BCUT2D eigenvalue weighted by atomic mass is 35.5. The summed E-state index contributed by atoms with van der Waals surface area (Å²) in [6.07, 6.45) is 1.35. The maximum Gasteiger partial charge on any atom is 0.282 e. The molecule has 2 rings (SSSR count). The van der Waals surface area contributed by atoms with E-state index in [1.165, 1.54) is 24.4 Å². The third-order valence-electron chi connectivity index (χ3n) is 2.94. The summed E-state index contributed by atoms with van der Waals surface area (Å²) < 4.78 is 10.8. The van der Waals surface area contributed by atoms with Crippen LogP contribution in [0.15, 0.2) is 12.3 Å². The van der Waals surface area contributed by atoms with Crippen molar-refractivity contribution in [1.82, 2.24) is 10.0 Å². The molecule has 21 heavy (non-hydrogen) atoms. The largest absolute Gasteiger partial charge is 0.485 e. The summed E-state index contributed by atoms with van der Waals surface area (Å²) in [4.78, 5) is 21.6. The molecule has 0 bridgehead atoms. The summed E-state index contributed by atoms with van der Waals surface area (Å²) in [7, 11) is 1.46. The SMILES string of the molecule is CON(CC(C)C)C(=O)c1cnc(Cl)cc1OC1COC1. The van der Waals surface area contributed by atoms with Crippen LogP contribution in [0, 0.1) is 5.92 Å². The van der Waals surface area contributed by atoms with E-state index < -0.39 is 0 Å². The second kappa shape index (κ2) is 7.06. The van der Waals surface area contributed by atoms with Gasteiger partial charge in [0.05, 0.1) is 26.9 Å². The third kappa shape index (κ3) is 4.06. The van der Waals surface area contributed by atoms with Crippen molar-refractivity contribution < 1.29 is 19.1 Å². The van der Waals surface area contributed by atoms with Gasteiger partial charge in [-0.25, -0.2) is 10.0 Å². The van der Waals surface area contributed by atoms with Crippen LogP contribution in [0.1, 0.15) is 24.2 Å². The average molecular weight is 315 g/mol. The Bertz CT molecular complexity index is 506. The second-order valence-corrected chi connectivity index (χ2v) is 5.61. The van der Waals surface area contributed by atoms with Gasteiger partial charge in [-0.3, -0.25) is 9.63 Å². The van der Waals surface area contributed by atoms with Crippen molar-refractivity contribution in [3.05, 3.63) is 23.0 Å². The zero-order valence-electron chi connectivity index (χ0n) is 12.3. The van der Waals surface area contributed by atoms with E-state index in [1.807, 2.05) is 13.8 Å². The molecule has 1 aromatic rings. The predicted molar refractivity (Wildman–Crippen MR) is 77.4 cm³/mol. The lowest BCUT2D eigenvalue weighted by molar-refractivity contribution is -0.102. The predicted octanol–water partition coefficient (Wildman–Crippen LogP) is 2.17. The Morgan fingerprint density at radius 2 is 2.29 bits per heavy atom. The highest BCUT2D eigenvalue weighted by molar-refractivity contribution is 6.29. The van der Waals surface area contributed by atoms with E-state index in [0.717, 1.165) is 0 Å². The van der Waals surface area contributed by atoms with Crippen molar-refractivity contribution in [2.75, 3.05) is 26.9 Å². The molecule has 1 fully saturated rings. The summed E-state index contributed by atoms with van der Waals surface area (Å²) in [5.74, 6) is 0.378. The first-order valence-electron chi connectivity index (χ1n) is 6.77. The highest BCUT2D eigenvalue weighted by Gasteiger charge is 2.26. The lowest BCUT2D eigenvalue weighted by Crippen LogP contribution is -2.39. The smallest absolute Gasteiger partial charge is 0.282 e. The van der Waals surface area contributed by atoms with E-state index in [0.29, 0.717) is 31.1 Å². The van der Waals surface area contributed by atoms with Crippen molar-refractivity contribution in [3.8, 4) is 5.75 Å². The molecule has 0 aromatic carbocycles. The van der Waals surface area contributed by atoms with Gasteiger partial charge in [-0.15, -0.1) is 0 Å². The van der Waals surface area contributed by atoms with Gasteiger partial charge in [0, 0.05) is 12.3 Å². The Hall–Kier alpha value is -1.37. The summed E-state index contributed by atoms with van der Waals surface area (Å²) in [6.45, 7) is 5.50. The number of pyridine rings is 1. The lowest BCUT2D eigenvalue weighted by atomic mass is 10.2. The summed E-state index contributed by atoms with van der Waals surface area (Å²) in [6, 6.07) is 1.54. The van der Waals surface area contributed by atoms with Gasteiger partial charge < -0.3 is 9.47 Å². The minimum absolute atomic E-state index is 0.0592. The molecule has 1 aromatic heterocycles. The van der Waals surface area contributed by atoms with Crippen LogP contribution in [0.25, 0.3) is 0 Å². The minimum atomic E-state index is -0.300. The fourth-order valence-electron chi connectivity index (χ4n) is 1.84. The zero-order chi connectivity index (χ0) is 15.4. The van der Waals surface area contributed by atoms with Gasteiger partial charge in [-0.1, -0.05) is 25.4 Å². The number of aromatic nitrogens is 1. The molecule has 1 amide bonds. The van der Waals surface area contributed by atoms with E-state index in [-0.39, 0.29) is 23.1 Å². The fraction of sp³-hybridized carbons (Fsp3) is 0.571. The van der Waals surface area contributed by atoms with E-state index in [4.69, 9.17) is 25.9 Å². The molecule has 7 heteroatoms. The molecule has 2 heterocycles. The van der Waals surface area contributed by atoms with Gasteiger partial charge in [-0.05, 0) is 5.92 Å². The monoisotopic (exact) mass is 314 g/mol. The molecule has 116 valence electrons. The number of ether oxygens (including phenoxy) is 2. The van der Waals surface area contributed by atoms with Crippen LogP contribution in [-0.2, 0) is 9.57 Å². The molecule has 0 N–H and O–H groups in total. The number of hydroxylamine groups is 2. The molecule has 0 radical (unpaired) electrons. The second-order valence-electron chi connectivity index (χ2n) is 5.22. The molecule has 1 aliphatic rings. The number of halogens is 1. The van der Waals surface area contributed by atoms with Crippen LogP contribution >= 0.6 is 11.6 Å². The molecular formula is C14H19ClN2O4. The van der Waals surface area contributed by atoms with Crippen molar-refractivity contribution in [2.24, 2.45) is 5.92 Å². The van der Waals surface area contributed by atoms with Crippen LogP contribution in [-0.4, -0.2) is 48.9 Å². The number of rotatable bonds is 6. The van der Waals surface area contributed by atoms with Gasteiger partial charge in [0.15, 0.2) is 0 Å². The Morgan fingerprint density at radius 3 is 2.81 bits per heavy atom. The number of carbonyl (C=O) groups is 1. The molecule has 0 aliphatic carbocycles. The van der Waals surface area contributed by atoms with Crippen molar-refractivity contribution >= 4 is 17.5 Å². The van der Waals surface area contributed by atoms with Crippen molar-refractivity contribution in [3.63, 3.8) is 0 Å². The molecule has 0 atom stereocenters. The molecule has 0 saturated carbocycles. The van der Waals surface area contributed by atoms with Gasteiger partial charge in [0.2, 0.25) is 0 Å². The lowest BCUT2D eigenvalue weighted by Gasteiger charge is -2.28. The van der Waals surface area contributed by atoms with Crippen LogP contribution in [0.2, 0.25) is 5.15 Å². The Morgan fingerprint density at radius 1 is 1.57 bits per heavy atom. The van der Waals surface area contributed by atoms with Crippen molar-refractivity contribution in [1.29, 1.82) is 0 Å². The quantitative estimate of drug-likeness (QED) is 0.595. The number of amides is 1. The Kier molecular flexibility index (Phi) is 5.39. The maximum absolute atomic E-state index is 12.5. The van der Waals surface area contributed by atoms with Crippen LogP contribution in [0.4, 0.5) is 0 Å². The number of carbonyl (C=O) groups excluding carboxylic acids is 1. The molecule has 0 unspecified atom stereocenters. The van der Waals surface area contributed by atoms with E-state index >= 15 is 0 Å². The van der Waals surface area contributed by atoms with Gasteiger partial charge in [0.25, 0.3) is 5.91 Å². The summed E-state index contributed by atoms with van der Waals surface area (Å²) in [5.41, 5.74) is 0.328. The van der Waals surface area contributed by atoms with Crippen LogP contribution in [0.3, 0.4) is 0 Å². The van der Waals surface area contributed by atoms with Gasteiger partial charge in [-0.2, -0.15) is 0 Å². The molecule has 1 aliphatic heterocycles. The number of nitrogens with zero attached hydrogens (tertiary/aromatic N) is 2. The number of hydrogen-bond donors (Lipinski definition) is 0. The molecule has 1 saturated heterocycles. The maximum atomic E-state index is 12.5. The normalized spacial score (nSPS) is 14.9. The average Bonchev–Trinajstić information content (AvgIpc) is 2.39. The molecule has 6 nitrogen and oxygen atoms in total. The van der Waals surface area contributed by atoms with Crippen LogP contribution < -0.4 is 4.74 Å². The summed E-state index contributed by atoms with van der Waals surface area (Å²) >= 11 is 5.89. The summed E-state index contributed by atoms with van der Waals surface area (Å²) in [5, 5.41) is 1.56. The topological polar surface area (TPSA) is 60.9 Å². The van der Waals surface area contributed by atoms with Crippen LogP contribution in [0.5, 0.6) is 5.75 Å². The molecular weight excluding hydrogens is 296 g/mol. The fourth-order valence-corrected chi connectivity index (χ4v) is 1.99. The molecule has 0 spiro atoms. The van der Waals surface area contributed by atoms with E-state index in [1.54, 1.807) is 0 Å². The van der Waals surface area contributed by atoms with Crippen molar-refractivity contribution in [2.45, 2.75) is 20.0 Å². The van der Waals surface area contributed by atoms with E-state index in [2.05, 4.69) is 4.98 Å². The first kappa shape index (κ1) is 16.0. The van der Waals surface area contributed by atoms with Gasteiger partial charge in [0.1, 0.15) is 22.6 Å². The first-order valence-corrected chi connectivity index (χ1v) is 7.15. The van der Waals surface area contributed by atoms with E-state index in [9.17, 15) is 4.79 Å².